The number of hydrogen-bond acceptors (Lipinski definition) is 3. The molecule has 1 rings (SSSR count). The van der Waals surface area contributed by atoms with Crippen molar-refractivity contribution in [2.24, 2.45) is 7.05 Å². The van der Waals surface area contributed by atoms with Crippen LogP contribution in [0.5, 0.6) is 0 Å². The average molecular weight is 188 g/mol. The first kappa shape index (κ1) is 9.06. The summed E-state index contributed by atoms with van der Waals surface area (Å²) in [5, 5.41) is 7.91. The Bertz CT molecular complexity index is 295. The molecule has 0 aliphatic carbocycles. The molecule has 0 radical (unpaired) electrons. The lowest BCUT2D eigenvalue weighted by Gasteiger charge is -2.03. The maximum absolute atomic E-state index is 7.42. The lowest BCUT2D eigenvalue weighted by molar-refractivity contribution is 0.322. The van der Waals surface area contributed by atoms with Gasteiger partial charge in [0.05, 0.1) is 12.8 Å². The summed E-state index contributed by atoms with van der Waals surface area (Å²) in [6.07, 6.45) is 1.49. The van der Waals surface area contributed by atoms with Gasteiger partial charge < -0.3 is 9.30 Å². The van der Waals surface area contributed by atoms with E-state index in [1.54, 1.807) is 11.6 Å². The Morgan fingerprint density at radius 2 is 2.50 bits per heavy atom. The van der Waals surface area contributed by atoms with Gasteiger partial charge in [0, 0.05) is 7.05 Å². The predicted molar refractivity (Wildman–Crippen MR) is 46.7 cm³/mol. The van der Waals surface area contributed by atoms with Gasteiger partial charge in [-0.15, -0.1) is 0 Å². The summed E-state index contributed by atoms with van der Waals surface area (Å²) in [7, 11) is 1.73. The molecule has 0 bridgehead atoms. The van der Waals surface area contributed by atoms with Crippen molar-refractivity contribution in [1.29, 1.82) is 5.41 Å². The molecule has 1 heterocycles. The highest BCUT2D eigenvalue weighted by atomic mass is 35.5. The van der Waals surface area contributed by atoms with Gasteiger partial charge in [0.25, 0.3) is 0 Å². The molecule has 0 aromatic carbocycles. The van der Waals surface area contributed by atoms with Crippen molar-refractivity contribution in [3.63, 3.8) is 0 Å². The van der Waals surface area contributed by atoms with Crippen LogP contribution in [0.25, 0.3) is 0 Å². The van der Waals surface area contributed by atoms with Crippen molar-refractivity contribution in [3.05, 3.63) is 17.2 Å². The molecule has 12 heavy (non-hydrogen) atoms. The fraction of sp³-hybridized carbons (Fsp3) is 0.429. The lowest BCUT2D eigenvalue weighted by Crippen LogP contribution is -2.11. The number of hydrogen-bond donors (Lipinski definition) is 1. The monoisotopic (exact) mass is 187 g/mol. The minimum atomic E-state index is 0.0481. The van der Waals surface area contributed by atoms with Crippen molar-refractivity contribution >= 4 is 17.5 Å². The zero-order valence-corrected chi connectivity index (χ0v) is 7.72. The van der Waals surface area contributed by atoms with E-state index >= 15 is 0 Å². The SMILES string of the molecule is CCOC(=N)c1ncc(Cl)n1C. The van der Waals surface area contributed by atoms with E-state index in [2.05, 4.69) is 4.98 Å². The maximum atomic E-state index is 7.42. The Balaban J connectivity index is 2.88. The highest BCUT2D eigenvalue weighted by Gasteiger charge is 2.10. The number of imidazole rings is 1. The van der Waals surface area contributed by atoms with Crippen LogP contribution in [-0.4, -0.2) is 22.1 Å². The van der Waals surface area contributed by atoms with Crippen LogP contribution in [0.15, 0.2) is 6.20 Å². The molecule has 0 spiro atoms. The molecule has 0 saturated carbocycles. The van der Waals surface area contributed by atoms with Gasteiger partial charge in [0.15, 0.2) is 5.82 Å². The van der Waals surface area contributed by atoms with Crippen LogP contribution in [-0.2, 0) is 11.8 Å². The number of nitrogens with zero attached hydrogens (tertiary/aromatic N) is 2. The predicted octanol–water partition coefficient (Wildman–Crippen LogP) is 1.44. The largest absolute Gasteiger partial charge is 0.476 e. The first-order valence-electron chi connectivity index (χ1n) is 3.55. The van der Waals surface area contributed by atoms with Crippen molar-refractivity contribution in [1.82, 2.24) is 9.55 Å². The van der Waals surface area contributed by atoms with E-state index in [-0.39, 0.29) is 5.90 Å². The molecule has 66 valence electrons. The summed E-state index contributed by atoms with van der Waals surface area (Å²) in [6, 6.07) is 0. The Morgan fingerprint density at radius 3 is 2.92 bits per heavy atom. The Kier molecular flexibility index (Phi) is 2.70. The molecule has 5 heteroatoms. The van der Waals surface area contributed by atoms with E-state index in [0.29, 0.717) is 17.6 Å². The van der Waals surface area contributed by atoms with Gasteiger partial charge in [-0.1, -0.05) is 11.6 Å². The molecule has 0 amide bonds. The van der Waals surface area contributed by atoms with Crippen LogP contribution in [0.4, 0.5) is 0 Å². The highest BCUT2D eigenvalue weighted by molar-refractivity contribution is 6.29. The molecule has 0 aliphatic heterocycles. The van der Waals surface area contributed by atoms with E-state index < -0.39 is 0 Å². The van der Waals surface area contributed by atoms with Crippen LogP contribution in [0, 0.1) is 5.41 Å². The standard InChI is InChI=1S/C7H10ClN3O/c1-3-12-6(9)7-10-4-5(8)11(7)2/h4,9H,3H2,1-2H3. The van der Waals surface area contributed by atoms with Gasteiger partial charge in [-0.3, -0.25) is 5.41 Å². The van der Waals surface area contributed by atoms with Crippen LogP contribution < -0.4 is 0 Å². The Morgan fingerprint density at radius 1 is 1.83 bits per heavy atom. The highest BCUT2D eigenvalue weighted by Crippen LogP contribution is 2.09. The summed E-state index contributed by atoms with van der Waals surface area (Å²) in [5.41, 5.74) is 0. The summed E-state index contributed by atoms with van der Waals surface area (Å²) in [5.74, 6) is 0.494. The second-order valence-corrected chi connectivity index (χ2v) is 2.61. The third-order valence-corrected chi connectivity index (χ3v) is 1.77. The number of nitrogens with one attached hydrogen (secondary N) is 1. The first-order valence-corrected chi connectivity index (χ1v) is 3.93. The summed E-state index contributed by atoms with van der Waals surface area (Å²) < 4.78 is 6.56. The Labute approximate surface area is 75.6 Å². The van der Waals surface area contributed by atoms with Crippen molar-refractivity contribution < 1.29 is 4.74 Å². The quantitative estimate of drug-likeness (QED) is 0.563. The number of rotatable bonds is 2. The molecular formula is C7H10ClN3O. The first-order chi connectivity index (χ1) is 5.66. The molecule has 0 unspecified atom stereocenters. The fourth-order valence-corrected chi connectivity index (χ4v) is 0.937. The van der Waals surface area contributed by atoms with Crippen molar-refractivity contribution in [2.75, 3.05) is 6.61 Å². The molecule has 0 atom stereocenters. The van der Waals surface area contributed by atoms with Gasteiger partial charge in [-0.05, 0) is 6.92 Å². The van der Waals surface area contributed by atoms with E-state index in [0.717, 1.165) is 0 Å². The number of ether oxygens (including phenoxy) is 1. The molecular weight excluding hydrogens is 178 g/mol. The van der Waals surface area contributed by atoms with Crippen LogP contribution in [0.3, 0.4) is 0 Å². The lowest BCUT2D eigenvalue weighted by atomic mass is 10.6. The zero-order valence-electron chi connectivity index (χ0n) is 6.97. The summed E-state index contributed by atoms with van der Waals surface area (Å²) >= 11 is 5.72. The molecule has 1 aromatic heterocycles. The molecule has 1 N–H and O–H groups in total. The maximum Gasteiger partial charge on any atom is 0.250 e. The van der Waals surface area contributed by atoms with E-state index in [1.807, 2.05) is 6.92 Å². The second-order valence-electron chi connectivity index (χ2n) is 2.23. The van der Waals surface area contributed by atoms with Crippen LogP contribution >= 0.6 is 11.6 Å². The van der Waals surface area contributed by atoms with Crippen LogP contribution in [0.1, 0.15) is 12.7 Å². The molecule has 0 fully saturated rings. The van der Waals surface area contributed by atoms with Crippen molar-refractivity contribution in [3.8, 4) is 0 Å². The smallest absolute Gasteiger partial charge is 0.250 e. The molecule has 1 aromatic rings. The van der Waals surface area contributed by atoms with Gasteiger partial charge in [-0.2, -0.15) is 0 Å². The summed E-state index contributed by atoms with van der Waals surface area (Å²) in [6.45, 7) is 2.28. The van der Waals surface area contributed by atoms with E-state index in [9.17, 15) is 0 Å². The summed E-state index contributed by atoms with van der Waals surface area (Å²) in [4.78, 5) is 3.92. The fourth-order valence-electron chi connectivity index (χ4n) is 0.809. The molecule has 0 aliphatic rings. The number of aromatic nitrogens is 2. The minimum Gasteiger partial charge on any atom is -0.476 e. The number of halogens is 1. The van der Waals surface area contributed by atoms with E-state index in [1.165, 1.54) is 6.20 Å². The molecule has 0 saturated heterocycles. The van der Waals surface area contributed by atoms with Crippen molar-refractivity contribution in [2.45, 2.75) is 6.92 Å². The zero-order chi connectivity index (χ0) is 9.14. The third kappa shape index (κ3) is 1.58. The average Bonchev–Trinajstić information content (AvgIpc) is 2.34. The van der Waals surface area contributed by atoms with Gasteiger partial charge in [-0.25, -0.2) is 4.98 Å². The van der Waals surface area contributed by atoms with Gasteiger partial charge in [0.2, 0.25) is 5.90 Å². The minimum absolute atomic E-state index is 0.0481. The third-order valence-electron chi connectivity index (χ3n) is 1.42. The van der Waals surface area contributed by atoms with Gasteiger partial charge in [0.1, 0.15) is 5.15 Å². The van der Waals surface area contributed by atoms with Gasteiger partial charge >= 0.3 is 0 Å². The normalized spacial score (nSPS) is 9.92. The topological polar surface area (TPSA) is 50.9 Å². The van der Waals surface area contributed by atoms with E-state index in [4.69, 9.17) is 21.7 Å². The second kappa shape index (κ2) is 3.58. The Hall–Kier alpha value is -1.03. The van der Waals surface area contributed by atoms with Crippen LogP contribution in [0.2, 0.25) is 5.15 Å². The molecule has 4 nitrogen and oxygen atoms in total.